The predicted octanol–water partition coefficient (Wildman–Crippen LogP) is 2.43. The van der Waals surface area contributed by atoms with Crippen LogP contribution in [-0.4, -0.2) is 55.2 Å². The van der Waals surface area contributed by atoms with Crippen LogP contribution >= 0.6 is 0 Å². The van der Waals surface area contributed by atoms with Crippen LogP contribution in [0.25, 0.3) is 0 Å². The zero-order chi connectivity index (χ0) is 20.8. The van der Waals surface area contributed by atoms with Crippen molar-refractivity contribution in [2.75, 3.05) is 33.4 Å². The van der Waals surface area contributed by atoms with Crippen molar-refractivity contribution in [3.8, 4) is 0 Å². The molecule has 0 aliphatic carbocycles. The first-order valence-electron chi connectivity index (χ1n) is 10.00. The van der Waals surface area contributed by atoms with Gasteiger partial charge in [0.2, 0.25) is 0 Å². The first kappa shape index (κ1) is 21.1. The molecule has 1 saturated heterocycles. The van der Waals surface area contributed by atoms with E-state index in [1.54, 1.807) is 6.92 Å². The highest BCUT2D eigenvalue weighted by atomic mass is 16.5. The lowest BCUT2D eigenvalue weighted by atomic mass is 10.1. The second-order valence-corrected chi connectivity index (χ2v) is 7.16. The third-order valence-electron chi connectivity index (χ3n) is 5.35. The van der Waals surface area contributed by atoms with Crippen LogP contribution in [0.3, 0.4) is 0 Å². The van der Waals surface area contributed by atoms with Crippen LogP contribution in [0.15, 0.2) is 24.3 Å². The highest BCUT2D eigenvalue weighted by Gasteiger charge is 2.23. The van der Waals surface area contributed by atoms with Gasteiger partial charge >= 0.3 is 5.97 Å². The number of H-pyrrole nitrogens is 1. The quantitative estimate of drug-likeness (QED) is 0.699. The second-order valence-electron chi connectivity index (χ2n) is 7.16. The van der Waals surface area contributed by atoms with E-state index >= 15 is 0 Å². The SMILES string of the molecule is CCc1[nH]c(C(=O)NCc2ccccc2CN2CCOCC2)c(C)c1C(=O)OC. The van der Waals surface area contributed by atoms with E-state index < -0.39 is 5.97 Å². The zero-order valence-corrected chi connectivity index (χ0v) is 17.3. The van der Waals surface area contributed by atoms with E-state index in [1.165, 1.54) is 12.7 Å². The summed E-state index contributed by atoms with van der Waals surface area (Å²) in [6.45, 7) is 8.30. The number of aromatic amines is 1. The van der Waals surface area contributed by atoms with Crippen LogP contribution < -0.4 is 5.32 Å². The Hall–Kier alpha value is -2.64. The summed E-state index contributed by atoms with van der Waals surface area (Å²) in [7, 11) is 1.35. The van der Waals surface area contributed by atoms with Crippen LogP contribution in [0.4, 0.5) is 0 Å². The predicted molar refractivity (Wildman–Crippen MR) is 110 cm³/mol. The van der Waals surface area contributed by atoms with E-state index in [9.17, 15) is 9.59 Å². The molecule has 7 heteroatoms. The number of carbonyl (C=O) groups excluding carboxylic acids is 2. The van der Waals surface area contributed by atoms with Gasteiger partial charge in [0.25, 0.3) is 5.91 Å². The van der Waals surface area contributed by atoms with Gasteiger partial charge in [0.15, 0.2) is 0 Å². The normalized spacial score (nSPS) is 14.6. The number of hydrogen-bond acceptors (Lipinski definition) is 5. The fraction of sp³-hybridized carbons (Fsp3) is 0.455. The molecule has 1 amide bonds. The molecule has 156 valence electrons. The molecule has 29 heavy (non-hydrogen) atoms. The van der Waals surface area contributed by atoms with Crippen LogP contribution in [0.5, 0.6) is 0 Å². The van der Waals surface area contributed by atoms with Gasteiger partial charge in [-0.1, -0.05) is 31.2 Å². The van der Waals surface area contributed by atoms with Crippen molar-refractivity contribution in [1.82, 2.24) is 15.2 Å². The summed E-state index contributed by atoms with van der Waals surface area (Å²) < 4.78 is 10.3. The van der Waals surface area contributed by atoms with Gasteiger partial charge in [0.05, 0.1) is 25.9 Å². The number of aryl methyl sites for hydroxylation is 1. The summed E-state index contributed by atoms with van der Waals surface area (Å²) in [5.74, 6) is -0.654. The van der Waals surface area contributed by atoms with Crippen molar-refractivity contribution in [3.05, 3.63) is 57.9 Å². The Morgan fingerprint density at radius 2 is 1.90 bits per heavy atom. The average molecular weight is 399 g/mol. The van der Waals surface area contributed by atoms with E-state index in [0.29, 0.717) is 35.5 Å². The lowest BCUT2D eigenvalue weighted by Crippen LogP contribution is -2.36. The van der Waals surface area contributed by atoms with Gasteiger partial charge in [-0.2, -0.15) is 0 Å². The van der Waals surface area contributed by atoms with Gasteiger partial charge in [-0.25, -0.2) is 4.79 Å². The van der Waals surface area contributed by atoms with Gasteiger partial charge in [-0.3, -0.25) is 9.69 Å². The molecule has 0 spiro atoms. The number of methoxy groups -OCH3 is 1. The zero-order valence-electron chi connectivity index (χ0n) is 17.3. The minimum atomic E-state index is -0.425. The maximum absolute atomic E-state index is 12.8. The molecule has 0 radical (unpaired) electrons. The molecule has 7 nitrogen and oxygen atoms in total. The number of rotatable bonds is 7. The van der Waals surface area contributed by atoms with E-state index in [4.69, 9.17) is 9.47 Å². The molecule has 0 bridgehead atoms. The molecule has 2 heterocycles. The Morgan fingerprint density at radius 3 is 2.55 bits per heavy atom. The third kappa shape index (κ3) is 4.86. The Balaban J connectivity index is 1.71. The number of amides is 1. The number of nitrogens with one attached hydrogen (secondary N) is 2. The first-order chi connectivity index (χ1) is 14.0. The Bertz CT molecular complexity index is 869. The molecule has 2 N–H and O–H groups in total. The van der Waals surface area contributed by atoms with Crippen molar-refractivity contribution >= 4 is 11.9 Å². The van der Waals surface area contributed by atoms with E-state index in [1.807, 2.05) is 25.1 Å². The minimum absolute atomic E-state index is 0.228. The lowest BCUT2D eigenvalue weighted by Gasteiger charge is -2.27. The Kier molecular flexibility index (Phi) is 7.06. The summed E-state index contributed by atoms with van der Waals surface area (Å²) >= 11 is 0. The summed E-state index contributed by atoms with van der Waals surface area (Å²) in [6.07, 6.45) is 0.612. The number of nitrogens with zero attached hydrogens (tertiary/aromatic N) is 1. The molecule has 1 aliphatic heterocycles. The number of benzene rings is 1. The van der Waals surface area contributed by atoms with Gasteiger partial charge < -0.3 is 19.8 Å². The van der Waals surface area contributed by atoms with Crippen LogP contribution in [-0.2, 0) is 29.0 Å². The average Bonchev–Trinajstić information content (AvgIpc) is 3.09. The summed E-state index contributed by atoms with van der Waals surface area (Å²) in [4.78, 5) is 30.3. The molecule has 0 saturated carbocycles. The van der Waals surface area contributed by atoms with Gasteiger partial charge in [0, 0.05) is 31.9 Å². The number of carbonyl (C=O) groups is 2. The maximum Gasteiger partial charge on any atom is 0.339 e. The number of aromatic nitrogens is 1. The maximum atomic E-state index is 12.8. The van der Waals surface area contributed by atoms with Crippen LogP contribution in [0.2, 0.25) is 0 Å². The molecule has 1 aromatic carbocycles. The first-order valence-corrected chi connectivity index (χ1v) is 10.00. The number of morpholine rings is 1. The molecular weight excluding hydrogens is 370 g/mol. The fourth-order valence-corrected chi connectivity index (χ4v) is 3.68. The second kappa shape index (κ2) is 9.71. The van der Waals surface area contributed by atoms with Gasteiger partial charge in [0.1, 0.15) is 5.69 Å². The Labute approximate surface area is 171 Å². The van der Waals surface area contributed by atoms with Crippen molar-refractivity contribution in [2.24, 2.45) is 0 Å². The fourth-order valence-electron chi connectivity index (χ4n) is 3.68. The van der Waals surface area contributed by atoms with Crippen molar-refractivity contribution in [3.63, 3.8) is 0 Å². The molecule has 0 atom stereocenters. The molecule has 0 unspecified atom stereocenters. The number of hydrogen-bond donors (Lipinski definition) is 2. The molecule has 2 aromatic rings. The molecule has 1 fully saturated rings. The van der Waals surface area contributed by atoms with Crippen molar-refractivity contribution in [2.45, 2.75) is 33.4 Å². The summed E-state index contributed by atoms with van der Waals surface area (Å²) in [6, 6.07) is 8.14. The van der Waals surface area contributed by atoms with E-state index in [0.717, 1.165) is 38.4 Å². The number of ether oxygens (including phenoxy) is 2. The van der Waals surface area contributed by atoms with Gasteiger partial charge in [-0.15, -0.1) is 0 Å². The highest BCUT2D eigenvalue weighted by molar-refractivity contribution is 6.00. The van der Waals surface area contributed by atoms with Crippen LogP contribution in [0, 0.1) is 6.92 Å². The van der Waals surface area contributed by atoms with E-state index in [2.05, 4.69) is 21.3 Å². The minimum Gasteiger partial charge on any atom is -0.465 e. The Morgan fingerprint density at radius 1 is 1.21 bits per heavy atom. The van der Waals surface area contributed by atoms with Gasteiger partial charge in [-0.05, 0) is 30.0 Å². The smallest absolute Gasteiger partial charge is 0.339 e. The highest BCUT2D eigenvalue weighted by Crippen LogP contribution is 2.20. The monoisotopic (exact) mass is 399 g/mol. The standard InChI is InChI=1S/C22H29N3O4/c1-4-18-19(22(27)28-3)15(2)20(24-18)21(26)23-13-16-7-5-6-8-17(16)14-25-9-11-29-12-10-25/h5-8,24H,4,9-14H2,1-3H3,(H,23,26). The largest absolute Gasteiger partial charge is 0.465 e. The molecular formula is C22H29N3O4. The van der Waals surface area contributed by atoms with Crippen molar-refractivity contribution < 1.29 is 19.1 Å². The molecule has 1 aliphatic rings. The third-order valence-corrected chi connectivity index (χ3v) is 5.35. The topological polar surface area (TPSA) is 83.7 Å². The van der Waals surface area contributed by atoms with E-state index in [-0.39, 0.29) is 5.91 Å². The van der Waals surface area contributed by atoms with Crippen molar-refractivity contribution in [1.29, 1.82) is 0 Å². The lowest BCUT2D eigenvalue weighted by molar-refractivity contribution is 0.0340. The summed E-state index contributed by atoms with van der Waals surface area (Å²) in [5, 5.41) is 2.99. The molecule has 1 aromatic heterocycles. The molecule has 3 rings (SSSR count). The van der Waals surface area contributed by atoms with Crippen LogP contribution in [0.1, 0.15) is 50.2 Å². The number of esters is 1. The summed E-state index contributed by atoms with van der Waals surface area (Å²) in [5.41, 5.74) is 4.48.